The van der Waals surface area contributed by atoms with E-state index in [1.165, 1.54) is 5.56 Å². The van der Waals surface area contributed by atoms with Gasteiger partial charge in [-0.3, -0.25) is 4.98 Å². The van der Waals surface area contributed by atoms with E-state index in [1.807, 2.05) is 56.4 Å². The van der Waals surface area contributed by atoms with Crippen molar-refractivity contribution in [2.45, 2.75) is 26.5 Å². The Morgan fingerprint density at radius 1 is 1.14 bits per heavy atom. The molecule has 2 aromatic rings. The maximum atomic E-state index is 9.88. The largest absolute Gasteiger partial charge is 0.491 e. The van der Waals surface area contributed by atoms with Crippen molar-refractivity contribution in [1.82, 2.24) is 10.3 Å². The molecular formula is C17H22N2O2. The molecule has 0 saturated heterocycles. The third kappa shape index (κ3) is 5.53. The van der Waals surface area contributed by atoms with Crippen LogP contribution in [0.3, 0.4) is 0 Å². The second-order valence-electron chi connectivity index (χ2n) is 5.22. The van der Waals surface area contributed by atoms with E-state index < -0.39 is 6.10 Å². The van der Waals surface area contributed by atoms with E-state index in [9.17, 15) is 5.11 Å². The van der Waals surface area contributed by atoms with Gasteiger partial charge < -0.3 is 15.2 Å². The van der Waals surface area contributed by atoms with Gasteiger partial charge in [-0.25, -0.2) is 0 Å². The molecule has 0 radical (unpaired) electrons. The molecule has 0 bridgehead atoms. The van der Waals surface area contributed by atoms with Crippen molar-refractivity contribution >= 4 is 0 Å². The lowest BCUT2D eigenvalue weighted by Crippen LogP contribution is -2.31. The summed E-state index contributed by atoms with van der Waals surface area (Å²) in [6, 6.07) is 11.8. The number of hydrogen-bond acceptors (Lipinski definition) is 4. The lowest BCUT2D eigenvalue weighted by atomic mass is 10.2. The fourth-order valence-electron chi connectivity index (χ4n) is 1.87. The number of nitrogens with one attached hydrogen (secondary N) is 1. The van der Waals surface area contributed by atoms with Crippen molar-refractivity contribution in [2.24, 2.45) is 0 Å². The van der Waals surface area contributed by atoms with Crippen LogP contribution >= 0.6 is 0 Å². The summed E-state index contributed by atoms with van der Waals surface area (Å²) < 4.78 is 5.54. The predicted molar refractivity (Wildman–Crippen MR) is 83.4 cm³/mol. The number of nitrogens with zero attached hydrogens (tertiary/aromatic N) is 1. The molecule has 2 rings (SSSR count). The molecule has 4 nitrogen and oxygen atoms in total. The van der Waals surface area contributed by atoms with Crippen LogP contribution in [0.25, 0.3) is 0 Å². The molecule has 0 aliphatic heterocycles. The number of aliphatic hydroxyl groups excluding tert-OH is 1. The molecule has 1 aromatic heterocycles. The number of ether oxygens (including phenoxy) is 1. The van der Waals surface area contributed by atoms with Crippen LogP contribution < -0.4 is 10.1 Å². The summed E-state index contributed by atoms with van der Waals surface area (Å²) in [5.74, 6) is 0.780. The fourth-order valence-corrected chi connectivity index (χ4v) is 1.87. The van der Waals surface area contributed by atoms with Crippen molar-refractivity contribution in [2.75, 3.05) is 13.2 Å². The molecule has 0 aliphatic carbocycles. The average molecular weight is 286 g/mol. The lowest BCUT2D eigenvalue weighted by molar-refractivity contribution is 0.106. The molecule has 0 aliphatic rings. The summed E-state index contributed by atoms with van der Waals surface area (Å²) in [4.78, 5) is 4.23. The fraction of sp³-hybridized carbons (Fsp3) is 0.353. The molecule has 1 heterocycles. The molecule has 21 heavy (non-hydrogen) atoms. The standard InChI is InChI=1S/C17H22N2O2/c1-13-3-7-17(8-4-13)21-12-16(20)11-18-9-15-6-5-14(2)19-10-15/h3-8,10,16,18,20H,9,11-12H2,1-2H3. The SMILES string of the molecule is Cc1ccc(OCC(O)CNCc2ccc(C)nc2)cc1. The summed E-state index contributed by atoms with van der Waals surface area (Å²) in [7, 11) is 0. The molecule has 0 fully saturated rings. The van der Waals surface area contributed by atoms with Crippen LogP contribution in [0, 0.1) is 13.8 Å². The van der Waals surface area contributed by atoms with Crippen LogP contribution in [0.5, 0.6) is 5.75 Å². The van der Waals surface area contributed by atoms with Gasteiger partial charge in [0, 0.05) is 25.0 Å². The molecule has 0 amide bonds. The lowest BCUT2D eigenvalue weighted by Gasteiger charge is -2.13. The van der Waals surface area contributed by atoms with E-state index in [1.54, 1.807) is 0 Å². The summed E-state index contributed by atoms with van der Waals surface area (Å²) in [5, 5.41) is 13.1. The minimum Gasteiger partial charge on any atom is -0.491 e. The maximum absolute atomic E-state index is 9.88. The van der Waals surface area contributed by atoms with E-state index in [4.69, 9.17) is 4.74 Å². The van der Waals surface area contributed by atoms with E-state index in [0.717, 1.165) is 17.0 Å². The minimum atomic E-state index is -0.537. The number of rotatable bonds is 7. The normalized spacial score (nSPS) is 12.1. The minimum absolute atomic E-state index is 0.280. The van der Waals surface area contributed by atoms with Crippen LogP contribution in [0.2, 0.25) is 0 Å². The molecular weight excluding hydrogens is 264 g/mol. The van der Waals surface area contributed by atoms with Crippen molar-refractivity contribution in [3.8, 4) is 5.75 Å². The van der Waals surface area contributed by atoms with Gasteiger partial charge in [-0.1, -0.05) is 23.8 Å². The van der Waals surface area contributed by atoms with E-state index in [0.29, 0.717) is 13.1 Å². The highest BCUT2D eigenvalue weighted by atomic mass is 16.5. The van der Waals surface area contributed by atoms with Crippen LogP contribution in [0.15, 0.2) is 42.6 Å². The Morgan fingerprint density at radius 2 is 1.90 bits per heavy atom. The van der Waals surface area contributed by atoms with Gasteiger partial charge in [0.25, 0.3) is 0 Å². The molecule has 1 unspecified atom stereocenters. The van der Waals surface area contributed by atoms with E-state index in [2.05, 4.69) is 10.3 Å². The first-order valence-corrected chi connectivity index (χ1v) is 7.13. The summed E-state index contributed by atoms with van der Waals surface area (Å²) in [6.45, 7) is 5.45. The van der Waals surface area contributed by atoms with Crippen molar-refractivity contribution in [1.29, 1.82) is 0 Å². The van der Waals surface area contributed by atoms with Crippen LogP contribution in [-0.4, -0.2) is 29.3 Å². The quantitative estimate of drug-likeness (QED) is 0.819. The first-order chi connectivity index (χ1) is 10.1. The third-order valence-corrected chi connectivity index (χ3v) is 3.15. The topological polar surface area (TPSA) is 54.4 Å². The zero-order valence-corrected chi connectivity index (χ0v) is 12.5. The number of aryl methyl sites for hydroxylation is 2. The number of aromatic nitrogens is 1. The smallest absolute Gasteiger partial charge is 0.119 e. The molecule has 112 valence electrons. The summed E-state index contributed by atoms with van der Waals surface area (Å²) in [5.41, 5.74) is 3.30. The number of pyridine rings is 1. The Morgan fingerprint density at radius 3 is 2.57 bits per heavy atom. The molecule has 4 heteroatoms. The number of aliphatic hydroxyl groups is 1. The summed E-state index contributed by atoms with van der Waals surface area (Å²) >= 11 is 0. The molecule has 1 aromatic carbocycles. The van der Waals surface area contributed by atoms with Gasteiger partial charge in [0.05, 0.1) is 0 Å². The maximum Gasteiger partial charge on any atom is 0.119 e. The van der Waals surface area contributed by atoms with Gasteiger partial charge in [0.15, 0.2) is 0 Å². The predicted octanol–water partition coefficient (Wildman–Crippen LogP) is 2.23. The second kappa shape index (κ2) is 7.76. The Labute approximate surface area is 125 Å². The first-order valence-electron chi connectivity index (χ1n) is 7.13. The van der Waals surface area contributed by atoms with Gasteiger partial charge in [-0.2, -0.15) is 0 Å². The van der Waals surface area contributed by atoms with Gasteiger partial charge in [0.2, 0.25) is 0 Å². The van der Waals surface area contributed by atoms with Gasteiger partial charge >= 0.3 is 0 Å². The van der Waals surface area contributed by atoms with E-state index in [-0.39, 0.29) is 6.61 Å². The second-order valence-corrected chi connectivity index (χ2v) is 5.22. The molecule has 2 N–H and O–H groups in total. The highest BCUT2D eigenvalue weighted by Gasteiger charge is 2.05. The van der Waals surface area contributed by atoms with Gasteiger partial charge in [0.1, 0.15) is 18.5 Å². The number of hydrogen-bond donors (Lipinski definition) is 2. The molecule has 1 atom stereocenters. The van der Waals surface area contributed by atoms with Crippen LogP contribution in [0.4, 0.5) is 0 Å². The van der Waals surface area contributed by atoms with Gasteiger partial charge in [-0.05, 0) is 37.6 Å². The van der Waals surface area contributed by atoms with Crippen molar-refractivity contribution in [3.05, 3.63) is 59.4 Å². The Hall–Kier alpha value is -1.91. The van der Waals surface area contributed by atoms with E-state index >= 15 is 0 Å². The first kappa shape index (κ1) is 15.5. The van der Waals surface area contributed by atoms with Crippen molar-refractivity contribution < 1.29 is 9.84 Å². The van der Waals surface area contributed by atoms with Crippen LogP contribution in [-0.2, 0) is 6.54 Å². The Balaban J connectivity index is 1.66. The van der Waals surface area contributed by atoms with Crippen LogP contribution in [0.1, 0.15) is 16.8 Å². The zero-order chi connectivity index (χ0) is 15.1. The van der Waals surface area contributed by atoms with Gasteiger partial charge in [-0.15, -0.1) is 0 Å². The third-order valence-electron chi connectivity index (χ3n) is 3.15. The Kier molecular flexibility index (Phi) is 5.72. The molecule has 0 saturated carbocycles. The highest BCUT2D eigenvalue weighted by molar-refractivity contribution is 5.26. The summed E-state index contributed by atoms with van der Waals surface area (Å²) in [6.07, 6.45) is 1.31. The zero-order valence-electron chi connectivity index (χ0n) is 12.5. The average Bonchev–Trinajstić information content (AvgIpc) is 2.49. The highest BCUT2D eigenvalue weighted by Crippen LogP contribution is 2.11. The molecule has 0 spiro atoms. The monoisotopic (exact) mass is 286 g/mol. The van der Waals surface area contributed by atoms with Crippen molar-refractivity contribution in [3.63, 3.8) is 0 Å². The number of benzene rings is 1. The Bertz CT molecular complexity index is 538.